The van der Waals surface area contributed by atoms with Gasteiger partial charge in [-0.1, -0.05) is 36.4 Å². The van der Waals surface area contributed by atoms with Crippen LogP contribution in [0, 0.1) is 0 Å². The van der Waals surface area contributed by atoms with E-state index in [0.717, 1.165) is 5.56 Å². The molecule has 0 radical (unpaired) electrons. The van der Waals surface area contributed by atoms with Gasteiger partial charge >= 0.3 is 5.97 Å². The molecule has 0 heterocycles. The van der Waals surface area contributed by atoms with Crippen LogP contribution in [0.25, 0.3) is 6.08 Å². The van der Waals surface area contributed by atoms with Crippen molar-refractivity contribution in [1.29, 1.82) is 0 Å². The van der Waals surface area contributed by atoms with E-state index >= 15 is 0 Å². The van der Waals surface area contributed by atoms with E-state index in [1.807, 2.05) is 30.3 Å². The molecule has 0 aliphatic carbocycles. The van der Waals surface area contributed by atoms with Gasteiger partial charge in [-0.25, -0.2) is 0 Å². The molecule has 0 aliphatic heterocycles. The van der Waals surface area contributed by atoms with Gasteiger partial charge in [-0.2, -0.15) is 0 Å². The Morgan fingerprint density at radius 1 is 1.05 bits per heavy atom. The lowest BCUT2D eigenvalue weighted by Crippen LogP contribution is -2.25. The van der Waals surface area contributed by atoms with Crippen molar-refractivity contribution >= 4 is 23.6 Å². The van der Waals surface area contributed by atoms with Gasteiger partial charge < -0.3 is 4.74 Å². The summed E-state index contributed by atoms with van der Waals surface area (Å²) >= 11 is 0. The molecule has 0 aliphatic rings. The van der Waals surface area contributed by atoms with Crippen LogP contribution < -0.4 is 0 Å². The van der Waals surface area contributed by atoms with Gasteiger partial charge in [0.2, 0.25) is 0 Å². The Labute approximate surface area is 124 Å². The van der Waals surface area contributed by atoms with E-state index in [1.54, 1.807) is 26.8 Å². The Balaban J connectivity index is 2.43. The maximum absolute atomic E-state index is 11.6. The molecular weight excluding hydrogens is 268 g/mol. The molecule has 0 amide bonds. The van der Waals surface area contributed by atoms with E-state index in [2.05, 4.69) is 0 Å². The van der Waals surface area contributed by atoms with Gasteiger partial charge in [0, 0.05) is 0 Å². The van der Waals surface area contributed by atoms with Gasteiger partial charge in [0.1, 0.15) is 12.0 Å². The van der Waals surface area contributed by atoms with Crippen LogP contribution in [0.2, 0.25) is 0 Å². The molecule has 1 rings (SSSR count). The van der Waals surface area contributed by atoms with Gasteiger partial charge in [-0.05, 0) is 32.4 Å². The third-order valence-electron chi connectivity index (χ3n) is 2.39. The van der Waals surface area contributed by atoms with Crippen LogP contribution in [0.3, 0.4) is 0 Å². The highest BCUT2D eigenvalue weighted by molar-refractivity contribution is 6.10. The van der Waals surface area contributed by atoms with Crippen molar-refractivity contribution in [3.8, 4) is 0 Å². The van der Waals surface area contributed by atoms with Crippen molar-refractivity contribution in [3.05, 3.63) is 42.0 Å². The average Bonchev–Trinajstić information content (AvgIpc) is 2.35. The fraction of sp³-hybridized carbons (Fsp3) is 0.353. The number of Topliss-reactive ketones (excluding diaryl/α,β-unsaturated/α-hetero) is 1. The maximum atomic E-state index is 11.6. The monoisotopic (exact) mass is 288 g/mol. The summed E-state index contributed by atoms with van der Waals surface area (Å²) in [4.78, 5) is 34.7. The second-order valence-electron chi connectivity index (χ2n) is 5.69. The SMILES string of the molecule is CC(C)(C)OC(=O)CC(=O)CC(=O)/C=C/c1ccccc1. The molecule has 0 saturated carbocycles. The van der Waals surface area contributed by atoms with Crippen LogP contribution >= 0.6 is 0 Å². The first-order valence-electron chi connectivity index (χ1n) is 6.76. The summed E-state index contributed by atoms with van der Waals surface area (Å²) in [7, 11) is 0. The largest absolute Gasteiger partial charge is 0.460 e. The molecule has 0 unspecified atom stereocenters. The first kappa shape index (κ1) is 16.8. The van der Waals surface area contributed by atoms with Gasteiger partial charge in [0.05, 0.1) is 6.42 Å². The summed E-state index contributed by atoms with van der Waals surface area (Å²) in [5, 5.41) is 0. The molecule has 0 aromatic heterocycles. The van der Waals surface area contributed by atoms with Crippen LogP contribution in [0.5, 0.6) is 0 Å². The third kappa shape index (κ3) is 7.82. The van der Waals surface area contributed by atoms with Crippen molar-refractivity contribution in [2.45, 2.75) is 39.2 Å². The van der Waals surface area contributed by atoms with E-state index in [0.29, 0.717) is 0 Å². The van der Waals surface area contributed by atoms with Crippen LogP contribution in [0.4, 0.5) is 0 Å². The fourth-order valence-corrected chi connectivity index (χ4v) is 1.61. The van der Waals surface area contributed by atoms with E-state index < -0.39 is 17.4 Å². The molecule has 1 aromatic carbocycles. The van der Waals surface area contributed by atoms with Crippen LogP contribution in [-0.4, -0.2) is 23.1 Å². The Morgan fingerprint density at radius 2 is 1.67 bits per heavy atom. The van der Waals surface area contributed by atoms with Crippen molar-refractivity contribution in [1.82, 2.24) is 0 Å². The number of ketones is 2. The quantitative estimate of drug-likeness (QED) is 0.459. The lowest BCUT2D eigenvalue weighted by molar-refractivity contribution is -0.156. The number of esters is 1. The van der Waals surface area contributed by atoms with Gasteiger partial charge in [0.25, 0.3) is 0 Å². The van der Waals surface area contributed by atoms with Crippen molar-refractivity contribution in [2.75, 3.05) is 0 Å². The summed E-state index contributed by atoms with van der Waals surface area (Å²) in [5.41, 5.74) is 0.250. The molecule has 0 bridgehead atoms. The molecule has 1 aromatic rings. The Hall–Kier alpha value is -2.23. The molecule has 112 valence electrons. The van der Waals surface area contributed by atoms with Crippen molar-refractivity contribution in [3.63, 3.8) is 0 Å². The number of hydrogen-bond acceptors (Lipinski definition) is 4. The summed E-state index contributed by atoms with van der Waals surface area (Å²) in [5.74, 6) is -1.37. The lowest BCUT2D eigenvalue weighted by Gasteiger charge is -2.18. The molecule has 0 saturated heterocycles. The molecule has 0 fully saturated rings. The molecule has 4 heteroatoms. The molecule has 0 spiro atoms. The van der Waals surface area contributed by atoms with Crippen LogP contribution in [0.1, 0.15) is 39.2 Å². The van der Waals surface area contributed by atoms with Gasteiger partial charge in [-0.3, -0.25) is 14.4 Å². The lowest BCUT2D eigenvalue weighted by atomic mass is 10.1. The maximum Gasteiger partial charge on any atom is 0.313 e. The predicted octanol–water partition coefficient (Wildman–Crippen LogP) is 2.96. The van der Waals surface area contributed by atoms with Crippen molar-refractivity contribution < 1.29 is 19.1 Å². The minimum absolute atomic E-state index is 0.289. The predicted molar refractivity (Wildman–Crippen MR) is 80.6 cm³/mol. The molecule has 0 atom stereocenters. The summed E-state index contributed by atoms with van der Waals surface area (Å²) in [6.45, 7) is 5.18. The highest BCUT2D eigenvalue weighted by Crippen LogP contribution is 2.09. The first-order chi connectivity index (χ1) is 9.76. The zero-order valence-corrected chi connectivity index (χ0v) is 12.6. The van der Waals surface area contributed by atoms with Gasteiger partial charge in [0.15, 0.2) is 11.6 Å². The second kappa shape index (κ2) is 7.53. The van der Waals surface area contributed by atoms with Crippen LogP contribution in [-0.2, 0) is 19.1 Å². The summed E-state index contributed by atoms with van der Waals surface area (Å²) in [6, 6.07) is 9.30. The Morgan fingerprint density at radius 3 is 2.24 bits per heavy atom. The van der Waals surface area contributed by atoms with E-state index in [9.17, 15) is 14.4 Å². The molecular formula is C17H20O4. The summed E-state index contributed by atoms with van der Waals surface area (Å²) < 4.78 is 5.03. The zero-order chi connectivity index (χ0) is 15.9. The number of ether oxygens (including phenoxy) is 1. The number of hydrogen-bond donors (Lipinski definition) is 0. The normalized spacial score (nSPS) is 11.4. The number of carbonyl (C=O) groups is 3. The second-order valence-corrected chi connectivity index (χ2v) is 5.69. The summed E-state index contributed by atoms with van der Waals surface area (Å²) in [6.07, 6.45) is 2.33. The minimum atomic E-state index is -0.630. The van der Waals surface area contributed by atoms with E-state index in [1.165, 1.54) is 6.08 Å². The highest BCUT2D eigenvalue weighted by atomic mass is 16.6. The molecule has 0 N–H and O–H groups in total. The number of carbonyl (C=O) groups excluding carboxylic acids is 3. The topological polar surface area (TPSA) is 60.4 Å². The van der Waals surface area contributed by atoms with E-state index in [-0.39, 0.29) is 18.6 Å². The fourth-order valence-electron chi connectivity index (χ4n) is 1.61. The smallest absolute Gasteiger partial charge is 0.313 e. The zero-order valence-electron chi connectivity index (χ0n) is 12.6. The molecule has 4 nitrogen and oxygen atoms in total. The number of benzene rings is 1. The number of allylic oxidation sites excluding steroid dienone is 1. The van der Waals surface area contributed by atoms with Gasteiger partial charge in [-0.15, -0.1) is 0 Å². The Kier molecular flexibility index (Phi) is 6.03. The Bertz CT molecular complexity index is 536. The highest BCUT2D eigenvalue weighted by Gasteiger charge is 2.19. The first-order valence-corrected chi connectivity index (χ1v) is 6.76. The molecule has 21 heavy (non-hydrogen) atoms. The average molecular weight is 288 g/mol. The minimum Gasteiger partial charge on any atom is -0.460 e. The van der Waals surface area contributed by atoms with Crippen molar-refractivity contribution in [2.24, 2.45) is 0 Å². The number of rotatable bonds is 6. The standard InChI is InChI=1S/C17H20O4/c1-17(2,3)21-16(20)12-15(19)11-14(18)10-9-13-7-5-4-6-8-13/h4-10H,11-12H2,1-3H3/b10-9+. The third-order valence-corrected chi connectivity index (χ3v) is 2.39. The van der Waals surface area contributed by atoms with Crippen LogP contribution in [0.15, 0.2) is 36.4 Å². The van der Waals surface area contributed by atoms with E-state index in [4.69, 9.17) is 4.74 Å².